The van der Waals surface area contributed by atoms with E-state index in [4.69, 9.17) is 4.74 Å². The van der Waals surface area contributed by atoms with E-state index < -0.39 is 0 Å². The van der Waals surface area contributed by atoms with Crippen molar-refractivity contribution in [2.75, 3.05) is 0 Å². The van der Waals surface area contributed by atoms with Crippen molar-refractivity contribution in [2.24, 2.45) is 11.3 Å². The molecule has 0 aliphatic carbocycles. The van der Waals surface area contributed by atoms with Crippen molar-refractivity contribution in [3.8, 4) is 0 Å². The molecule has 0 unspecified atom stereocenters. The van der Waals surface area contributed by atoms with Crippen LogP contribution >= 0.6 is 0 Å². The predicted molar refractivity (Wildman–Crippen MR) is 52.2 cm³/mol. The standard InChI is InChI=1S/C11H22O/c1-6-10-7-8(2)11(4,5)9(3)12-10/h8-10H,6-7H2,1-5H3/t8-,9-,10+/m1/s1. The molecule has 12 heavy (non-hydrogen) atoms. The van der Waals surface area contributed by atoms with Gasteiger partial charge in [0.15, 0.2) is 0 Å². The molecule has 0 aromatic rings. The lowest BCUT2D eigenvalue weighted by molar-refractivity contribution is -0.134. The fourth-order valence-corrected chi connectivity index (χ4v) is 1.88. The largest absolute Gasteiger partial charge is 0.375 e. The Morgan fingerprint density at radius 2 is 1.92 bits per heavy atom. The zero-order valence-corrected chi connectivity index (χ0v) is 9.05. The molecule has 0 amide bonds. The maximum absolute atomic E-state index is 5.92. The van der Waals surface area contributed by atoms with E-state index in [-0.39, 0.29) is 0 Å². The second kappa shape index (κ2) is 3.37. The van der Waals surface area contributed by atoms with E-state index in [9.17, 15) is 0 Å². The summed E-state index contributed by atoms with van der Waals surface area (Å²) in [5.41, 5.74) is 0.353. The predicted octanol–water partition coefficient (Wildman–Crippen LogP) is 3.24. The molecule has 0 N–H and O–H groups in total. The molecule has 1 rings (SSSR count). The Morgan fingerprint density at radius 1 is 1.33 bits per heavy atom. The Balaban J connectivity index is 2.64. The Hall–Kier alpha value is -0.0400. The van der Waals surface area contributed by atoms with E-state index >= 15 is 0 Å². The van der Waals surface area contributed by atoms with Gasteiger partial charge in [-0.05, 0) is 31.1 Å². The normalized spacial score (nSPS) is 41.2. The molecule has 0 bridgehead atoms. The summed E-state index contributed by atoms with van der Waals surface area (Å²) in [5, 5.41) is 0. The molecular weight excluding hydrogens is 148 g/mol. The molecule has 1 heteroatoms. The SMILES string of the molecule is CC[C@H]1C[C@@H](C)C(C)(C)[C@@H](C)O1. The van der Waals surface area contributed by atoms with Crippen molar-refractivity contribution in [3.63, 3.8) is 0 Å². The van der Waals surface area contributed by atoms with Crippen LogP contribution in [0.1, 0.15) is 47.5 Å². The molecule has 0 radical (unpaired) electrons. The molecule has 1 aliphatic rings. The first kappa shape index (κ1) is 10.0. The van der Waals surface area contributed by atoms with Gasteiger partial charge in [0, 0.05) is 0 Å². The van der Waals surface area contributed by atoms with Crippen molar-refractivity contribution in [2.45, 2.75) is 59.7 Å². The van der Waals surface area contributed by atoms with Gasteiger partial charge >= 0.3 is 0 Å². The number of rotatable bonds is 1. The van der Waals surface area contributed by atoms with Crippen LogP contribution < -0.4 is 0 Å². The summed E-state index contributed by atoms with van der Waals surface area (Å²) >= 11 is 0. The van der Waals surface area contributed by atoms with Crippen LogP contribution in [0.2, 0.25) is 0 Å². The highest BCUT2D eigenvalue weighted by Gasteiger charge is 2.39. The van der Waals surface area contributed by atoms with Gasteiger partial charge in [0.2, 0.25) is 0 Å². The van der Waals surface area contributed by atoms with E-state index in [1.807, 2.05) is 0 Å². The van der Waals surface area contributed by atoms with Crippen LogP contribution in [-0.4, -0.2) is 12.2 Å². The molecular formula is C11H22O. The van der Waals surface area contributed by atoms with Gasteiger partial charge in [0.25, 0.3) is 0 Å². The molecule has 0 aromatic carbocycles. The summed E-state index contributed by atoms with van der Waals surface area (Å²) < 4.78 is 5.92. The van der Waals surface area contributed by atoms with Crippen LogP contribution in [0.3, 0.4) is 0 Å². The molecule has 3 atom stereocenters. The molecule has 72 valence electrons. The minimum atomic E-state index is 0.353. The Morgan fingerprint density at radius 3 is 2.33 bits per heavy atom. The quantitative estimate of drug-likeness (QED) is 0.587. The molecule has 0 saturated carbocycles. The van der Waals surface area contributed by atoms with Gasteiger partial charge in [-0.3, -0.25) is 0 Å². The summed E-state index contributed by atoms with van der Waals surface area (Å²) in [6.07, 6.45) is 3.30. The lowest BCUT2D eigenvalue weighted by atomic mass is 9.71. The second-order valence-electron chi connectivity index (χ2n) is 4.77. The van der Waals surface area contributed by atoms with Crippen LogP contribution in [0.5, 0.6) is 0 Å². The van der Waals surface area contributed by atoms with E-state index in [0.29, 0.717) is 17.6 Å². The topological polar surface area (TPSA) is 9.23 Å². The van der Waals surface area contributed by atoms with Crippen molar-refractivity contribution in [1.82, 2.24) is 0 Å². The van der Waals surface area contributed by atoms with Crippen molar-refractivity contribution in [3.05, 3.63) is 0 Å². The van der Waals surface area contributed by atoms with Crippen LogP contribution in [0.25, 0.3) is 0 Å². The highest BCUT2D eigenvalue weighted by Crippen LogP contribution is 2.41. The van der Waals surface area contributed by atoms with Gasteiger partial charge in [-0.2, -0.15) is 0 Å². The molecule has 1 saturated heterocycles. The van der Waals surface area contributed by atoms with E-state index in [0.717, 1.165) is 12.3 Å². The third-order valence-corrected chi connectivity index (χ3v) is 3.79. The van der Waals surface area contributed by atoms with Crippen LogP contribution in [-0.2, 0) is 4.74 Å². The lowest BCUT2D eigenvalue weighted by Gasteiger charge is -2.45. The smallest absolute Gasteiger partial charge is 0.0604 e. The maximum Gasteiger partial charge on any atom is 0.0604 e. The highest BCUT2D eigenvalue weighted by atomic mass is 16.5. The van der Waals surface area contributed by atoms with Crippen molar-refractivity contribution < 1.29 is 4.74 Å². The molecule has 0 aromatic heterocycles. The Labute approximate surface area is 76.5 Å². The van der Waals surface area contributed by atoms with E-state index in [2.05, 4.69) is 34.6 Å². The van der Waals surface area contributed by atoms with Gasteiger partial charge in [0.1, 0.15) is 0 Å². The molecule has 1 heterocycles. The summed E-state index contributed by atoms with van der Waals surface area (Å²) in [6.45, 7) is 11.4. The van der Waals surface area contributed by atoms with Crippen LogP contribution in [0.4, 0.5) is 0 Å². The second-order valence-corrected chi connectivity index (χ2v) is 4.77. The summed E-state index contributed by atoms with van der Waals surface area (Å²) in [7, 11) is 0. The van der Waals surface area contributed by atoms with Gasteiger partial charge < -0.3 is 4.74 Å². The molecule has 1 nitrogen and oxygen atoms in total. The molecule has 1 fully saturated rings. The monoisotopic (exact) mass is 170 g/mol. The average Bonchev–Trinajstić information content (AvgIpc) is 2.00. The Bertz CT molecular complexity index is 137. The first-order chi connectivity index (χ1) is 5.48. The third-order valence-electron chi connectivity index (χ3n) is 3.79. The zero-order chi connectivity index (χ0) is 9.35. The average molecular weight is 170 g/mol. The molecule has 0 spiro atoms. The van der Waals surface area contributed by atoms with Gasteiger partial charge in [0.05, 0.1) is 12.2 Å². The van der Waals surface area contributed by atoms with E-state index in [1.54, 1.807) is 0 Å². The van der Waals surface area contributed by atoms with Gasteiger partial charge in [-0.25, -0.2) is 0 Å². The Kier molecular flexibility index (Phi) is 2.82. The minimum Gasteiger partial charge on any atom is -0.375 e. The van der Waals surface area contributed by atoms with Gasteiger partial charge in [-0.15, -0.1) is 0 Å². The third kappa shape index (κ3) is 1.66. The minimum absolute atomic E-state index is 0.353. The van der Waals surface area contributed by atoms with E-state index in [1.165, 1.54) is 6.42 Å². The van der Waals surface area contributed by atoms with Crippen LogP contribution in [0, 0.1) is 11.3 Å². The number of hydrogen-bond acceptors (Lipinski definition) is 1. The zero-order valence-electron chi connectivity index (χ0n) is 9.05. The fraction of sp³-hybridized carbons (Fsp3) is 1.00. The molecule has 1 aliphatic heterocycles. The summed E-state index contributed by atoms with van der Waals surface area (Å²) in [6, 6.07) is 0. The van der Waals surface area contributed by atoms with Crippen LogP contribution in [0.15, 0.2) is 0 Å². The fourth-order valence-electron chi connectivity index (χ4n) is 1.88. The maximum atomic E-state index is 5.92. The summed E-state index contributed by atoms with van der Waals surface area (Å²) in [5.74, 6) is 0.784. The van der Waals surface area contributed by atoms with Crippen molar-refractivity contribution in [1.29, 1.82) is 0 Å². The lowest BCUT2D eigenvalue weighted by Crippen LogP contribution is -2.44. The first-order valence-electron chi connectivity index (χ1n) is 5.14. The highest BCUT2D eigenvalue weighted by molar-refractivity contribution is 4.87. The number of hydrogen-bond donors (Lipinski definition) is 0. The first-order valence-corrected chi connectivity index (χ1v) is 5.14. The number of ether oxygens (including phenoxy) is 1. The van der Waals surface area contributed by atoms with Gasteiger partial charge in [-0.1, -0.05) is 27.7 Å². The summed E-state index contributed by atoms with van der Waals surface area (Å²) in [4.78, 5) is 0. The van der Waals surface area contributed by atoms with Crippen molar-refractivity contribution >= 4 is 0 Å².